The van der Waals surface area contributed by atoms with Crippen molar-refractivity contribution in [3.8, 4) is 0 Å². The summed E-state index contributed by atoms with van der Waals surface area (Å²) in [6.45, 7) is 5.79. The van der Waals surface area contributed by atoms with E-state index in [-0.39, 0.29) is 11.9 Å². The van der Waals surface area contributed by atoms with Crippen LogP contribution < -0.4 is 10.6 Å². The zero-order valence-electron chi connectivity index (χ0n) is 7.34. The second-order valence-electron chi connectivity index (χ2n) is 3.52. The first-order valence-electron chi connectivity index (χ1n) is 4.53. The highest BCUT2D eigenvalue weighted by Crippen LogP contribution is 2.11. The molecule has 0 aliphatic carbocycles. The van der Waals surface area contributed by atoms with Crippen LogP contribution in [0.2, 0.25) is 0 Å². The van der Waals surface area contributed by atoms with Gasteiger partial charge in [0, 0.05) is 32.2 Å². The van der Waals surface area contributed by atoms with Gasteiger partial charge in [0.15, 0.2) is 0 Å². The summed E-state index contributed by atoms with van der Waals surface area (Å²) in [5.41, 5.74) is 0. The monoisotopic (exact) mass is 169 g/mol. The lowest BCUT2D eigenvalue weighted by Gasteiger charge is -2.43. The Hall–Kier alpha value is -0.610. The Morgan fingerprint density at radius 1 is 1.50 bits per heavy atom. The Morgan fingerprint density at radius 3 is 3.17 bits per heavy atom. The first kappa shape index (κ1) is 8.01. The number of carbonyl (C=O) groups is 1. The average Bonchev–Trinajstić information content (AvgIpc) is 2.12. The fourth-order valence-electron chi connectivity index (χ4n) is 1.99. The Labute approximate surface area is 72.3 Å². The lowest BCUT2D eigenvalue weighted by atomic mass is 10.1. The van der Waals surface area contributed by atoms with Crippen molar-refractivity contribution in [2.45, 2.75) is 19.0 Å². The molecule has 2 N–H and O–H groups in total. The van der Waals surface area contributed by atoms with Gasteiger partial charge in [-0.3, -0.25) is 9.69 Å². The lowest BCUT2D eigenvalue weighted by molar-refractivity contribution is -0.130. The molecule has 2 aliphatic rings. The first-order valence-corrected chi connectivity index (χ1v) is 4.53. The minimum Gasteiger partial charge on any atom is -0.353 e. The Morgan fingerprint density at radius 2 is 2.33 bits per heavy atom. The van der Waals surface area contributed by atoms with Crippen molar-refractivity contribution in [2.75, 3.05) is 26.2 Å². The molecule has 68 valence electrons. The Bertz CT molecular complexity index is 195. The second-order valence-corrected chi connectivity index (χ2v) is 3.52. The third-order valence-electron chi connectivity index (χ3n) is 2.78. The molecule has 4 heteroatoms. The summed E-state index contributed by atoms with van der Waals surface area (Å²) >= 11 is 0. The second kappa shape index (κ2) is 3.03. The van der Waals surface area contributed by atoms with Crippen LogP contribution in [0, 0.1) is 0 Å². The van der Waals surface area contributed by atoms with Crippen LogP contribution in [0.4, 0.5) is 0 Å². The van der Waals surface area contributed by atoms with Crippen LogP contribution in [-0.4, -0.2) is 49.1 Å². The van der Waals surface area contributed by atoms with Crippen LogP contribution in [0.3, 0.4) is 0 Å². The molecule has 0 spiro atoms. The van der Waals surface area contributed by atoms with Gasteiger partial charge in [-0.2, -0.15) is 0 Å². The van der Waals surface area contributed by atoms with Crippen LogP contribution in [-0.2, 0) is 4.79 Å². The third kappa shape index (κ3) is 1.21. The van der Waals surface area contributed by atoms with E-state index in [0.29, 0.717) is 6.04 Å². The van der Waals surface area contributed by atoms with E-state index in [1.54, 1.807) is 0 Å². The number of piperazine rings is 2. The largest absolute Gasteiger partial charge is 0.353 e. The van der Waals surface area contributed by atoms with Crippen LogP contribution >= 0.6 is 0 Å². The van der Waals surface area contributed by atoms with Gasteiger partial charge in [0.05, 0.1) is 6.04 Å². The van der Waals surface area contributed by atoms with Crippen molar-refractivity contribution in [3.05, 3.63) is 0 Å². The predicted molar refractivity (Wildman–Crippen MR) is 45.8 cm³/mol. The molecule has 2 atom stereocenters. The normalized spacial score (nSPS) is 37.2. The van der Waals surface area contributed by atoms with E-state index in [2.05, 4.69) is 15.5 Å². The topological polar surface area (TPSA) is 44.4 Å². The van der Waals surface area contributed by atoms with Crippen molar-refractivity contribution < 1.29 is 4.79 Å². The van der Waals surface area contributed by atoms with Crippen LogP contribution in [0.15, 0.2) is 0 Å². The molecule has 1 amide bonds. The summed E-state index contributed by atoms with van der Waals surface area (Å²) in [6.07, 6.45) is 0. The number of amides is 1. The zero-order chi connectivity index (χ0) is 8.55. The molecule has 0 saturated carbocycles. The highest BCUT2D eigenvalue weighted by Gasteiger charge is 2.34. The molecular formula is C8H15N3O. The smallest absolute Gasteiger partial charge is 0.237 e. The summed E-state index contributed by atoms with van der Waals surface area (Å²) in [7, 11) is 0. The van der Waals surface area contributed by atoms with Crippen molar-refractivity contribution in [3.63, 3.8) is 0 Å². The Balaban J connectivity index is 2.08. The minimum atomic E-state index is 0.0610. The maximum absolute atomic E-state index is 11.3. The van der Waals surface area contributed by atoms with Crippen LogP contribution in [0.1, 0.15) is 6.92 Å². The standard InChI is InChI=1S/C8H15N3O/c1-6-8(12)10-5-7-4-9-2-3-11(6)7/h6-7,9H,2-5H2,1H3,(H,10,12). The Kier molecular flexibility index (Phi) is 2.02. The fraction of sp³-hybridized carbons (Fsp3) is 0.875. The third-order valence-corrected chi connectivity index (χ3v) is 2.78. The summed E-state index contributed by atoms with van der Waals surface area (Å²) in [4.78, 5) is 13.6. The molecule has 2 fully saturated rings. The number of hydrogen-bond acceptors (Lipinski definition) is 3. The van der Waals surface area contributed by atoms with Crippen molar-refractivity contribution in [1.29, 1.82) is 0 Å². The van der Waals surface area contributed by atoms with Gasteiger partial charge < -0.3 is 10.6 Å². The molecular weight excluding hydrogens is 154 g/mol. The van der Waals surface area contributed by atoms with Gasteiger partial charge in [0.25, 0.3) is 0 Å². The molecule has 12 heavy (non-hydrogen) atoms. The number of carbonyl (C=O) groups excluding carboxylic acids is 1. The molecule has 0 aromatic heterocycles. The molecule has 2 saturated heterocycles. The van der Waals surface area contributed by atoms with Gasteiger partial charge in [0.1, 0.15) is 0 Å². The molecule has 2 heterocycles. The molecule has 2 aliphatic heterocycles. The van der Waals surface area contributed by atoms with Crippen molar-refractivity contribution in [1.82, 2.24) is 15.5 Å². The highest BCUT2D eigenvalue weighted by atomic mass is 16.2. The van der Waals surface area contributed by atoms with Gasteiger partial charge in [-0.15, -0.1) is 0 Å². The lowest BCUT2D eigenvalue weighted by Crippen LogP contribution is -2.65. The van der Waals surface area contributed by atoms with E-state index >= 15 is 0 Å². The maximum Gasteiger partial charge on any atom is 0.237 e. The van der Waals surface area contributed by atoms with E-state index in [0.717, 1.165) is 26.2 Å². The predicted octanol–water partition coefficient (Wildman–Crippen LogP) is -1.22. The van der Waals surface area contributed by atoms with Crippen molar-refractivity contribution in [2.24, 2.45) is 0 Å². The zero-order valence-corrected chi connectivity index (χ0v) is 7.34. The SMILES string of the molecule is CC1C(=O)NCC2CNCCN21. The number of fused-ring (bicyclic) bond motifs is 1. The molecule has 0 aromatic carbocycles. The van der Waals surface area contributed by atoms with E-state index in [1.807, 2.05) is 6.92 Å². The van der Waals surface area contributed by atoms with Crippen LogP contribution in [0.25, 0.3) is 0 Å². The van der Waals surface area contributed by atoms with E-state index in [9.17, 15) is 4.79 Å². The number of nitrogens with zero attached hydrogens (tertiary/aromatic N) is 1. The minimum absolute atomic E-state index is 0.0610. The molecule has 2 unspecified atom stereocenters. The van der Waals surface area contributed by atoms with Crippen molar-refractivity contribution >= 4 is 5.91 Å². The molecule has 2 rings (SSSR count). The summed E-state index contributed by atoms with van der Waals surface area (Å²) in [5, 5.41) is 6.24. The van der Waals surface area contributed by atoms with E-state index in [4.69, 9.17) is 0 Å². The van der Waals surface area contributed by atoms with E-state index in [1.165, 1.54) is 0 Å². The molecule has 0 bridgehead atoms. The summed E-state index contributed by atoms with van der Waals surface area (Å²) in [6, 6.07) is 0.567. The first-order chi connectivity index (χ1) is 5.79. The summed E-state index contributed by atoms with van der Waals surface area (Å²) < 4.78 is 0. The molecule has 0 aromatic rings. The molecule has 0 radical (unpaired) electrons. The molecule has 4 nitrogen and oxygen atoms in total. The summed E-state index contributed by atoms with van der Waals surface area (Å²) in [5.74, 6) is 0.174. The quantitative estimate of drug-likeness (QED) is 0.477. The number of nitrogens with one attached hydrogen (secondary N) is 2. The fourth-order valence-corrected chi connectivity index (χ4v) is 1.99. The average molecular weight is 169 g/mol. The van der Waals surface area contributed by atoms with Gasteiger partial charge >= 0.3 is 0 Å². The van der Waals surface area contributed by atoms with Gasteiger partial charge in [-0.1, -0.05) is 0 Å². The van der Waals surface area contributed by atoms with Gasteiger partial charge in [0.2, 0.25) is 5.91 Å². The number of hydrogen-bond donors (Lipinski definition) is 2. The van der Waals surface area contributed by atoms with Gasteiger partial charge in [-0.25, -0.2) is 0 Å². The van der Waals surface area contributed by atoms with Gasteiger partial charge in [-0.05, 0) is 6.92 Å². The van der Waals surface area contributed by atoms with E-state index < -0.39 is 0 Å². The highest BCUT2D eigenvalue weighted by molar-refractivity contribution is 5.82. The van der Waals surface area contributed by atoms with Crippen LogP contribution in [0.5, 0.6) is 0 Å². The maximum atomic E-state index is 11.3. The number of rotatable bonds is 0.